The Balaban J connectivity index is 1.81. The van der Waals surface area contributed by atoms with Gasteiger partial charge >= 0.3 is 0 Å². The van der Waals surface area contributed by atoms with Crippen LogP contribution in [0.15, 0.2) is 48.0 Å². The Hall–Kier alpha value is -2.37. The lowest BCUT2D eigenvalue weighted by Crippen LogP contribution is -2.13. The number of carbonyl (C=O) groups excluding carboxylic acids is 1. The van der Waals surface area contributed by atoms with Crippen LogP contribution in [0.2, 0.25) is 5.02 Å². The van der Waals surface area contributed by atoms with Gasteiger partial charge in [0.1, 0.15) is 0 Å². The largest absolute Gasteiger partial charge is 0.332 e. The monoisotopic (exact) mass is 357 g/mol. The number of rotatable bonds is 4. The van der Waals surface area contributed by atoms with Crippen molar-refractivity contribution < 1.29 is 4.79 Å². The Morgan fingerprint density at radius 3 is 2.75 bits per heavy atom. The molecule has 0 radical (unpaired) electrons. The Morgan fingerprint density at radius 2 is 2.04 bits per heavy atom. The number of carbonyl (C=O) groups is 1. The lowest BCUT2D eigenvalue weighted by Gasteiger charge is -2.12. The number of hydrogen-bond acceptors (Lipinski definition) is 4. The van der Waals surface area contributed by atoms with Crippen LogP contribution in [0.25, 0.3) is 0 Å². The highest BCUT2D eigenvalue weighted by Gasteiger charge is 2.12. The molecule has 4 nitrogen and oxygen atoms in total. The fraction of sp³-hybridized carbons (Fsp3) is 0.111. The van der Waals surface area contributed by atoms with E-state index in [0.29, 0.717) is 16.3 Å². The molecule has 6 heteroatoms. The van der Waals surface area contributed by atoms with Crippen LogP contribution in [0, 0.1) is 13.8 Å². The summed E-state index contributed by atoms with van der Waals surface area (Å²) in [5.41, 5.74) is 4.00. The molecule has 2 N–H and O–H groups in total. The van der Waals surface area contributed by atoms with Crippen molar-refractivity contribution in [2.75, 3.05) is 10.6 Å². The molecule has 0 saturated heterocycles. The van der Waals surface area contributed by atoms with Gasteiger partial charge in [0.05, 0.1) is 10.7 Å². The molecular weight excluding hydrogens is 342 g/mol. The molecule has 3 rings (SSSR count). The van der Waals surface area contributed by atoms with E-state index in [1.165, 1.54) is 11.3 Å². The fourth-order valence-corrected chi connectivity index (χ4v) is 3.32. The van der Waals surface area contributed by atoms with Crippen LogP contribution >= 0.6 is 22.9 Å². The highest BCUT2D eigenvalue weighted by atomic mass is 35.5. The average molecular weight is 358 g/mol. The molecule has 1 heterocycles. The van der Waals surface area contributed by atoms with E-state index in [0.717, 1.165) is 21.9 Å². The zero-order chi connectivity index (χ0) is 17.1. The quantitative estimate of drug-likeness (QED) is 0.656. The van der Waals surface area contributed by atoms with Gasteiger partial charge in [-0.05, 0) is 49.2 Å². The minimum absolute atomic E-state index is 0.202. The minimum atomic E-state index is -0.202. The van der Waals surface area contributed by atoms with Crippen LogP contribution in [0.1, 0.15) is 21.5 Å². The lowest BCUT2D eigenvalue weighted by molar-refractivity contribution is 0.102. The summed E-state index contributed by atoms with van der Waals surface area (Å²) in [7, 11) is 0. The van der Waals surface area contributed by atoms with Crippen molar-refractivity contribution in [3.8, 4) is 0 Å². The third-order valence-corrected chi connectivity index (χ3v) is 4.47. The topological polar surface area (TPSA) is 54.0 Å². The predicted octanol–water partition coefficient (Wildman–Crippen LogP) is 5.41. The van der Waals surface area contributed by atoms with Gasteiger partial charge in [-0.25, -0.2) is 4.98 Å². The zero-order valence-corrected chi connectivity index (χ0v) is 14.8. The first-order valence-electron chi connectivity index (χ1n) is 7.37. The maximum Gasteiger partial charge on any atom is 0.255 e. The van der Waals surface area contributed by atoms with Gasteiger partial charge in [0.2, 0.25) is 0 Å². The van der Waals surface area contributed by atoms with Crippen molar-refractivity contribution in [2.45, 2.75) is 13.8 Å². The van der Waals surface area contributed by atoms with E-state index in [4.69, 9.17) is 11.6 Å². The first-order chi connectivity index (χ1) is 11.5. The Labute approximate surface area is 149 Å². The van der Waals surface area contributed by atoms with Crippen molar-refractivity contribution in [3.63, 3.8) is 0 Å². The van der Waals surface area contributed by atoms with E-state index in [-0.39, 0.29) is 5.91 Å². The number of anilines is 3. The average Bonchev–Trinajstić information content (AvgIpc) is 3.04. The van der Waals surface area contributed by atoms with Gasteiger partial charge in [0.15, 0.2) is 5.13 Å². The molecule has 0 aliphatic rings. The second kappa shape index (κ2) is 7.03. The maximum absolute atomic E-state index is 12.5. The predicted molar refractivity (Wildman–Crippen MR) is 101 cm³/mol. The highest BCUT2D eigenvalue weighted by molar-refractivity contribution is 7.13. The van der Waals surface area contributed by atoms with E-state index in [9.17, 15) is 4.79 Å². The number of hydrogen-bond donors (Lipinski definition) is 2. The van der Waals surface area contributed by atoms with Crippen LogP contribution in [0.4, 0.5) is 16.5 Å². The summed E-state index contributed by atoms with van der Waals surface area (Å²) in [6, 6.07) is 11.1. The van der Waals surface area contributed by atoms with Gasteiger partial charge in [0, 0.05) is 22.8 Å². The number of nitrogens with one attached hydrogen (secondary N) is 2. The number of halogens is 1. The molecule has 24 heavy (non-hydrogen) atoms. The smallest absolute Gasteiger partial charge is 0.255 e. The third kappa shape index (κ3) is 3.75. The van der Waals surface area contributed by atoms with Crippen LogP contribution in [0.5, 0.6) is 0 Å². The summed E-state index contributed by atoms with van der Waals surface area (Å²) in [6.45, 7) is 3.90. The molecule has 0 atom stereocenters. The van der Waals surface area contributed by atoms with Crippen LogP contribution < -0.4 is 10.6 Å². The minimum Gasteiger partial charge on any atom is -0.332 e. The maximum atomic E-state index is 12.5. The van der Waals surface area contributed by atoms with Gasteiger partial charge < -0.3 is 10.6 Å². The van der Waals surface area contributed by atoms with Gasteiger partial charge in [-0.2, -0.15) is 0 Å². The summed E-state index contributed by atoms with van der Waals surface area (Å²) in [4.78, 5) is 16.7. The SMILES string of the molecule is Cc1cc(C)c(NC(=O)c2cccc(Nc3nccs3)c2)c(Cl)c1. The molecule has 2 aromatic carbocycles. The normalized spacial score (nSPS) is 10.5. The number of nitrogens with zero attached hydrogens (tertiary/aromatic N) is 1. The summed E-state index contributed by atoms with van der Waals surface area (Å²) in [6.07, 6.45) is 1.73. The molecule has 1 amide bonds. The summed E-state index contributed by atoms with van der Waals surface area (Å²) in [5, 5.41) is 9.28. The molecule has 0 unspecified atom stereocenters. The number of aryl methyl sites for hydroxylation is 2. The zero-order valence-electron chi connectivity index (χ0n) is 13.3. The molecule has 0 bridgehead atoms. The molecule has 0 fully saturated rings. The summed E-state index contributed by atoms with van der Waals surface area (Å²) < 4.78 is 0. The number of benzene rings is 2. The van der Waals surface area contributed by atoms with E-state index in [1.807, 2.05) is 43.5 Å². The Morgan fingerprint density at radius 1 is 1.21 bits per heavy atom. The molecule has 1 aromatic heterocycles. The van der Waals surface area contributed by atoms with Crippen LogP contribution in [-0.4, -0.2) is 10.9 Å². The molecule has 122 valence electrons. The van der Waals surface area contributed by atoms with Gasteiger partial charge in [-0.15, -0.1) is 11.3 Å². The number of amides is 1. The second-order valence-corrected chi connectivity index (χ2v) is 6.74. The van der Waals surface area contributed by atoms with Crippen molar-refractivity contribution >= 4 is 45.4 Å². The molecular formula is C18H16ClN3OS. The standard InChI is InChI=1S/C18H16ClN3OS/c1-11-8-12(2)16(15(19)9-11)22-17(23)13-4-3-5-14(10-13)21-18-20-6-7-24-18/h3-10H,1-2H3,(H,20,21)(H,22,23). The molecule has 0 aliphatic heterocycles. The Kier molecular flexibility index (Phi) is 4.83. The lowest BCUT2D eigenvalue weighted by atomic mass is 10.1. The van der Waals surface area contributed by atoms with E-state index < -0.39 is 0 Å². The van der Waals surface area contributed by atoms with Crippen molar-refractivity contribution in [1.29, 1.82) is 0 Å². The molecule has 0 aliphatic carbocycles. The van der Waals surface area contributed by atoms with Gasteiger partial charge in [-0.3, -0.25) is 4.79 Å². The molecule has 0 saturated carbocycles. The third-order valence-electron chi connectivity index (χ3n) is 3.48. The number of thiazole rings is 1. The first kappa shape index (κ1) is 16.5. The van der Waals surface area contributed by atoms with Crippen molar-refractivity contribution in [1.82, 2.24) is 4.98 Å². The van der Waals surface area contributed by atoms with Gasteiger partial charge in [0.25, 0.3) is 5.91 Å². The van der Waals surface area contributed by atoms with Crippen LogP contribution in [0.3, 0.4) is 0 Å². The van der Waals surface area contributed by atoms with E-state index in [1.54, 1.807) is 18.3 Å². The fourth-order valence-electron chi connectivity index (χ4n) is 2.41. The summed E-state index contributed by atoms with van der Waals surface area (Å²) >= 11 is 7.76. The van der Waals surface area contributed by atoms with Gasteiger partial charge in [-0.1, -0.05) is 23.7 Å². The molecule has 3 aromatic rings. The summed E-state index contributed by atoms with van der Waals surface area (Å²) in [5.74, 6) is -0.202. The molecule has 0 spiro atoms. The number of aromatic nitrogens is 1. The Bertz CT molecular complexity index is 855. The first-order valence-corrected chi connectivity index (χ1v) is 8.63. The van der Waals surface area contributed by atoms with Crippen molar-refractivity contribution in [3.05, 3.63) is 69.7 Å². The second-order valence-electron chi connectivity index (χ2n) is 5.44. The van der Waals surface area contributed by atoms with Crippen LogP contribution in [-0.2, 0) is 0 Å². The van der Waals surface area contributed by atoms with Crippen molar-refractivity contribution in [2.24, 2.45) is 0 Å². The van der Waals surface area contributed by atoms with E-state index >= 15 is 0 Å². The van der Waals surface area contributed by atoms with E-state index in [2.05, 4.69) is 15.6 Å². The highest BCUT2D eigenvalue weighted by Crippen LogP contribution is 2.28.